The van der Waals surface area contributed by atoms with Crippen molar-refractivity contribution in [2.45, 2.75) is 45.8 Å². The number of thiazole rings is 1. The molecule has 2 aromatic carbocycles. The van der Waals surface area contributed by atoms with Gasteiger partial charge >= 0.3 is 0 Å². The molecule has 5 rings (SSSR count). The molecular weight excluding hydrogens is 516 g/mol. The van der Waals surface area contributed by atoms with E-state index in [9.17, 15) is 14.4 Å². The highest BCUT2D eigenvalue weighted by molar-refractivity contribution is 7.22. The Kier molecular flexibility index (Phi) is 7.09. The fourth-order valence-corrected chi connectivity index (χ4v) is 5.74. The third kappa shape index (κ3) is 4.97. The molecule has 11 heteroatoms. The van der Waals surface area contributed by atoms with Gasteiger partial charge in [0, 0.05) is 13.1 Å². The van der Waals surface area contributed by atoms with Gasteiger partial charge in [-0.05, 0) is 55.7 Å². The highest BCUT2D eigenvalue weighted by Gasteiger charge is 2.48. The summed E-state index contributed by atoms with van der Waals surface area (Å²) < 4.78 is 7.74. The first-order valence-corrected chi connectivity index (χ1v) is 13.5. The minimum atomic E-state index is -1.16. The standard InChI is InChI=1S/C28H30N6O4S/c1-5-12-34-25(36)23-22(24(35)32-27-31-20-11-6-17(2)13-21(20)39-27)30-16-33(23)15-28(34,3)26(37)29-14-18-7-9-19(38-4)10-8-18/h6-11,13,16H,5,12,14-15H2,1-4H3,(H,29,37)(H,31,32,35)/t28-/m0/s1. The number of nitrogens with one attached hydrogen (secondary N) is 2. The van der Waals surface area contributed by atoms with Gasteiger partial charge in [0.1, 0.15) is 17.0 Å². The normalized spacial score (nSPS) is 16.7. The largest absolute Gasteiger partial charge is 0.497 e. The lowest BCUT2D eigenvalue weighted by Gasteiger charge is -2.43. The molecule has 0 fully saturated rings. The molecule has 0 spiro atoms. The lowest BCUT2D eigenvalue weighted by atomic mass is 9.94. The number of benzene rings is 2. The maximum Gasteiger partial charge on any atom is 0.278 e. The minimum Gasteiger partial charge on any atom is -0.497 e. The van der Waals surface area contributed by atoms with E-state index in [2.05, 4.69) is 20.6 Å². The molecule has 10 nitrogen and oxygen atoms in total. The number of hydrogen-bond acceptors (Lipinski definition) is 7. The maximum absolute atomic E-state index is 13.8. The van der Waals surface area contributed by atoms with Crippen molar-refractivity contribution >= 4 is 44.4 Å². The molecule has 0 aliphatic carbocycles. The van der Waals surface area contributed by atoms with E-state index in [-0.39, 0.29) is 23.8 Å². The second-order valence-corrected chi connectivity index (χ2v) is 10.8. The van der Waals surface area contributed by atoms with Crippen molar-refractivity contribution in [3.8, 4) is 5.75 Å². The Bertz CT molecular complexity index is 1560. The molecule has 0 saturated carbocycles. The van der Waals surface area contributed by atoms with Crippen LogP contribution in [0.3, 0.4) is 0 Å². The first-order chi connectivity index (χ1) is 18.7. The molecule has 3 heterocycles. The van der Waals surface area contributed by atoms with Crippen LogP contribution in [-0.2, 0) is 17.9 Å². The van der Waals surface area contributed by atoms with E-state index in [4.69, 9.17) is 4.74 Å². The van der Waals surface area contributed by atoms with Gasteiger partial charge in [-0.15, -0.1) is 0 Å². The zero-order valence-corrected chi connectivity index (χ0v) is 23.1. The van der Waals surface area contributed by atoms with Gasteiger partial charge in [0.15, 0.2) is 10.8 Å². The highest BCUT2D eigenvalue weighted by atomic mass is 32.1. The van der Waals surface area contributed by atoms with Gasteiger partial charge < -0.3 is 19.5 Å². The number of methoxy groups -OCH3 is 1. The first kappa shape index (κ1) is 26.4. The van der Waals surface area contributed by atoms with E-state index in [0.717, 1.165) is 27.1 Å². The number of aromatic nitrogens is 3. The maximum atomic E-state index is 13.8. The monoisotopic (exact) mass is 546 g/mol. The quantitative estimate of drug-likeness (QED) is 0.345. The molecular formula is C28H30N6O4S. The third-order valence-electron chi connectivity index (χ3n) is 6.89. The molecule has 2 aromatic heterocycles. The fraction of sp³-hybridized carbons (Fsp3) is 0.321. The summed E-state index contributed by atoms with van der Waals surface area (Å²) in [5, 5.41) is 6.20. The van der Waals surface area contributed by atoms with Gasteiger partial charge in [-0.1, -0.05) is 36.5 Å². The molecule has 3 amide bonds. The summed E-state index contributed by atoms with van der Waals surface area (Å²) in [6, 6.07) is 13.3. The summed E-state index contributed by atoms with van der Waals surface area (Å²) in [6.07, 6.45) is 2.09. The van der Waals surface area contributed by atoms with Crippen LogP contribution in [-0.4, -0.2) is 56.3 Å². The predicted octanol–water partition coefficient (Wildman–Crippen LogP) is 4.00. The van der Waals surface area contributed by atoms with E-state index in [1.807, 2.05) is 56.3 Å². The second kappa shape index (κ2) is 10.5. The van der Waals surface area contributed by atoms with E-state index in [1.54, 1.807) is 23.5 Å². The van der Waals surface area contributed by atoms with Gasteiger partial charge in [-0.3, -0.25) is 19.7 Å². The zero-order chi connectivity index (χ0) is 27.7. The summed E-state index contributed by atoms with van der Waals surface area (Å²) >= 11 is 1.36. The fourth-order valence-electron chi connectivity index (χ4n) is 4.79. The van der Waals surface area contributed by atoms with E-state index < -0.39 is 17.4 Å². The Labute approximate surface area is 230 Å². The summed E-state index contributed by atoms with van der Waals surface area (Å²) in [7, 11) is 1.60. The Morgan fingerprint density at radius 3 is 2.67 bits per heavy atom. The number of ether oxygens (including phenoxy) is 1. The van der Waals surface area contributed by atoms with E-state index in [0.29, 0.717) is 24.6 Å². The van der Waals surface area contributed by atoms with Crippen molar-refractivity contribution in [3.63, 3.8) is 0 Å². The molecule has 0 radical (unpaired) electrons. The van der Waals surface area contributed by atoms with Crippen molar-refractivity contribution in [2.24, 2.45) is 0 Å². The van der Waals surface area contributed by atoms with Gasteiger partial charge in [-0.25, -0.2) is 9.97 Å². The molecule has 0 bridgehead atoms. The Hall–Kier alpha value is -4.25. The number of carbonyl (C=O) groups is 3. The van der Waals surface area contributed by atoms with Crippen LogP contribution in [0.1, 0.15) is 52.4 Å². The SMILES string of the molecule is CCCN1C(=O)c2c(C(=O)Nc3nc4ccc(C)cc4s3)ncn2C[C@@]1(C)C(=O)NCc1ccc(OC)cc1. The number of rotatable bonds is 8. The summed E-state index contributed by atoms with van der Waals surface area (Å²) in [5.41, 5.74) is 1.81. The molecule has 4 aromatic rings. The topological polar surface area (TPSA) is 118 Å². The number of aryl methyl sites for hydroxylation is 1. The molecule has 202 valence electrons. The second-order valence-electron chi connectivity index (χ2n) is 9.78. The summed E-state index contributed by atoms with van der Waals surface area (Å²) in [4.78, 5) is 50.8. The zero-order valence-electron chi connectivity index (χ0n) is 22.3. The van der Waals surface area contributed by atoms with Crippen LogP contribution in [0.2, 0.25) is 0 Å². The molecule has 1 atom stereocenters. The van der Waals surface area contributed by atoms with Crippen molar-refractivity contribution in [3.05, 3.63) is 71.3 Å². The lowest BCUT2D eigenvalue weighted by molar-refractivity contribution is -0.133. The number of nitrogens with zero attached hydrogens (tertiary/aromatic N) is 4. The smallest absolute Gasteiger partial charge is 0.278 e. The van der Waals surface area contributed by atoms with Gasteiger partial charge in [0.25, 0.3) is 11.8 Å². The third-order valence-corrected chi connectivity index (χ3v) is 7.82. The molecule has 2 N–H and O–H groups in total. The number of amides is 3. The van der Waals surface area contributed by atoms with Crippen molar-refractivity contribution in [1.29, 1.82) is 0 Å². The molecule has 0 saturated heterocycles. The number of carbonyl (C=O) groups excluding carboxylic acids is 3. The van der Waals surface area contributed by atoms with Gasteiger partial charge in [0.2, 0.25) is 5.91 Å². The Morgan fingerprint density at radius 1 is 1.18 bits per heavy atom. The van der Waals surface area contributed by atoms with Crippen LogP contribution in [0, 0.1) is 6.92 Å². The Morgan fingerprint density at radius 2 is 1.95 bits per heavy atom. The average molecular weight is 547 g/mol. The molecule has 1 aliphatic heterocycles. The van der Waals surface area contributed by atoms with Crippen molar-refractivity contribution in [1.82, 2.24) is 24.8 Å². The van der Waals surface area contributed by atoms with Crippen molar-refractivity contribution in [2.75, 3.05) is 19.0 Å². The van der Waals surface area contributed by atoms with E-state index in [1.165, 1.54) is 17.7 Å². The first-order valence-electron chi connectivity index (χ1n) is 12.7. The number of fused-ring (bicyclic) bond motifs is 2. The lowest BCUT2D eigenvalue weighted by Crippen LogP contribution is -2.64. The molecule has 0 unspecified atom stereocenters. The number of imidazole rings is 1. The van der Waals surface area contributed by atoms with Crippen LogP contribution in [0.5, 0.6) is 5.75 Å². The number of hydrogen-bond donors (Lipinski definition) is 2. The number of anilines is 1. The molecule has 1 aliphatic rings. The average Bonchev–Trinajstić information content (AvgIpc) is 3.53. The van der Waals surface area contributed by atoms with Crippen LogP contribution in [0.4, 0.5) is 5.13 Å². The summed E-state index contributed by atoms with van der Waals surface area (Å²) in [6.45, 7) is 6.51. The summed E-state index contributed by atoms with van der Waals surface area (Å²) in [5.74, 6) is -0.477. The predicted molar refractivity (Wildman–Crippen MR) is 149 cm³/mol. The van der Waals surface area contributed by atoms with Crippen LogP contribution < -0.4 is 15.4 Å². The van der Waals surface area contributed by atoms with Gasteiger partial charge in [-0.2, -0.15) is 0 Å². The van der Waals surface area contributed by atoms with Crippen LogP contribution in [0.15, 0.2) is 48.8 Å². The van der Waals surface area contributed by atoms with Crippen molar-refractivity contribution < 1.29 is 19.1 Å². The van der Waals surface area contributed by atoms with E-state index >= 15 is 0 Å². The van der Waals surface area contributed by atoms with Gasteiger partial charge in [0.05, 0.1) is 30.2 Å². The molecule has 39 heavy (non-hydrogen) atoms. The van der Waals surface area contributed by atoms with Crippen LogP contribution in [0.25, 0.3) is 10.2 Å². The Balaban J connectivity index is 1.37. The highest BCUT2D eigenvalue weighted by Crippen LogP contribution is 2.31. The minimum absolute atomic E-state index is 0.0113. The van der Waals surface area contributed by atoms with Crippen LogP contribution >= 0.6 is 11.3 Å².